The van der Waals surface area contributed by atoms with E-state index in [0.29, 0.717) is 0 Å². The largest absolute Gasteiger partial charge is 0.299 e. The highest BCUT2D eigenvalue weighted by Crippen LogP contribution is 2.35. The summed E-state index contributed by atoms with van der Waals surface area (Å²) in [7, 11) is 0. The van der Waals surface area contributed by atoms with Gasteiger partial charge in [0.1, 0.15) is 0 Å². The van der Waals surface area contributed by atoms with Crippen LogP contribution >= 0.6 is 0 Å². The van der Waals surface area contributed by atoms with E-state index in [4.69, 9.17) is 0 Å². The zero-order chi connectivity index (χ0) is 21.2. The molecular weight excluding hydrogens is 362 g/mol. The lowest BCUT2D eigenvalue weighted by Crippen LogP contribution is -2.34. The molecule has 1 heterocycles. The van der Waals surface area contributed by atoms with Gasteiger partial charge >= 0.3 is 0 Å². The van der Waals surface area contributed by atoms with Crippen molar-refractivity contribution < 1.29 is 0 Å². The van der Waals surface area contributed by atoms with Crippen molar-refractivity contribution in [2.24, 2.45) is 0 Å². The SMILES string of the molecule is CC.CC(CCN1CC=C(c2ccccc2)CC1)(c1ccccc1)c1ccccc1. The van der Waals surface area contributed by atoms with Crippen molar-refractivity contribution in [1.29, 1.82) is 0 Å². The van der Waals surface area contributed by atoms with Crippen LogP contribution in [-0.2, 0) is 5.41 Å². The molecule has 3 aromatic carbocycles. The third-order valence-corrected chi connectivity index (χ3v) is 6.19. The standard InChI is InChI=1S/C27H29N.C2H6/c1-27(25-13-7-3-8-14-25,26-15-9-4-10-16-26)19-22-28-20-17-24(18-21-28)23-11-5-2-6-12-23;1-2/h2-17H,18-22H2,1H3;1-2H3. The number of rotatable bonds is 6. The lowest BCUT2D eigenvalue weighted by atomic mass is 9.73. The monoisotopic (exact) mass is 397 g/mol. The van der Waals surface area contributed by atoms with Crippen molar-refractivity contribution in [1.82, 2.24) is 4.90 Å². The Kier molecular flexibility index (Phi) is 8.04. The van der Waals surface area contributed by atoms with Gasteiger partial charge in [-0.05, 0) is 41.6 Å². The second-order valence-electron chi connectivity index (χ2n) is 7.96. The zero-order valence-corrected chi connectivity index (χ0v) is 18.7. The summed E-state index contributed by atoms with van der Waals surface area (Å²) in [4.78, 5) is 2.59. The summed E-state index contributed by atoms with van der Waals surface area (Å²) in [6.45, 7) is 9.69. The van der Waals surface area contributed by atoms with Crippen LogP contribution in [0, 0.1) is 0 Å². The van der Waals surface area contributed by atoms with Gasteiger partial charge in [0.15, 0.2) is 0 Å². The summed E-state index contributed by atoms with van der Waals surface area (Å²) in [5, 5.41) is 0. The molecule has 1 aliphatic rings. The van der Waals surface area contributed by atoms with Gasteiger partial charge in [0.2, 0.25) is 0 Å². The Balaban J connectivity index is 0.00000124. The summed E-state index contributed by atoms with van der Waals surface area (Å²) < 4.78 is 0. The van der Waals surface area contributed by atoms with Crippen LogP contribution in [0.25, 0.3) is 5.57 Å². The average molecular weight is 398 g/mol. The first-order valence-electron chi connectivity index (χ1n) is 11.3. The molecule has 0 saturated carbocycles. The Morgan fingerprint density at radius 3 is 1.70 bits per heavy atom. The van der Waals surface area contributed by atoms with Crippen LogP contribution in [0.3, 0.4) is 0 Å². The Labute approximate surface area is 183 Å². The fourth-order valence-corrected chi connectivity index (χ4v) is 4.28. The van der Waals surface area contributed by atoms with Gasteiger partial charge in [0.05, 0.1) is 0 Å². The Morgan fingerprint density at radius 1 is 0.733 bits per heavy atom. The van der Waals surface area contributed by atoms with E-state index < -0.39 is 0 Å². The molecule has 0 unspecified atom stereocenters. The van der Waals surface area contributed by atoms with Crippen molar-refractivity contribution >= 4 is 5.57 Å². The molecule has 0 radical (unpaired) electrons. The number of benzene rings is 3. The minimum Gasteiger partial charge on any atom is -0.299 e. The Bertz CT molecular complexity index is 857. The van der Waals surface area contributed by atoms with Crippen molar-refractivity contribution in [2.75, 3.05) is 19.6 Å². The Hall–Kier alpha value is -2.64. The van der Waals surface area contributed by atoms with E-state index in [1.807, 2.05) is 13.8 Å². The summed E-state index contributed by atoms with van der Waals surface area (Å²) in [6, 6.07) is 32.8. The lowest BCUT2D eigenvalue weighted by molar-refractivity contribution is 0.275. The smallest absolute Gasteiger partial charge is 0.0186 e. The average Bonchev–Trinajstić information content (AvgIpc) is 2.86. The number of nitrogens with zero attached hydrogens (tertiary/aromatic N) is 1. The lowest BCUT2D eigenvalue weighted by Gasteiger charge is -2.35. The molecule has 1 nitrogen and oxygen atoms in total. The van der Waals surface area contributed by atoms with Gasteiger partial charge in [-0.1, -0.05) is 118 Å². The topological polar surface area (TPSA) is 3.24 Å². The molecule has 0 aromatic heterocycles. The fraction of sp³-hybridized carbons (Fsp3) is 0.310. The van der Waals surface area contributed by atoms with Gasteiger partial charge in [-0.25, -0.2) is 0 Å². The molecule has 1 heteroatoms. The first-order chi connectivity index (χ1) is 14.8. The number of hydrogen-bond donors (Lipinski definition) is 0. The molecule has 0 atom stereocenters. The highest BCUT2D eigenvalue weighted by Gasteiger charge is 2.29. The maximum atomic E-state index is 2.59. The van der Waals surface area contributed by atoms with Crippen molar-refractivity contribution in [3.8, 4) is 0 Å². The molecule has 0 saturated heterocycles. The molecular formula is C29H35N. The van der Waals surface area contributed by atoms with E-state index in [9.17, 15) is 0 Å². The van der Waals surface area contributed by atoms with E-state index in [0.717, 1.165) is 32.5 Å². The molecule has 0 bridgehead atoms. The third-order valence-electron chi connectivity index (χ3n) is 6.19. The Morgan fingerprint density at radius 2 is 1.23 bits per heavy atom. The summed E-state index contributed by atoms with van der Waals surface area (Å²) >= 11 is 0. The van der Waals surface area contributed by atoms with Crippen molar-refractivity contribution in [2.45, 2.75) is 39.0 Å². The van der Waals surface area contributed by atoms with Crippen LogP contribution in [0.2, 0.25) is 0 Å². The van der Waals surface area contributed by atoms with Gasteiger partial charge < -0.3 is 0 Å². The van der Waals surface area contributed by atoms with Crippen LogP contribution in [0.5, 0.6) is 0 Å². The second-order valence-corrected chi connectivity index (χ2v) is 7.96. The highest BCUT2D eigenvalue weighted by atomic mass is 15.1. The maximum Gasteiger partial charge on any atom is 0.0186 e. The predicted octanol–water partition coefficient (Wildman–Crippen LogP) is 7.20. The molecule has 3 aromatic rings. The van der Waals surface area contributed by atoms with E-state index in [2.05, 4.69) is 109 Å². The minimum absolute atomic E-state index is 0.0337. The van der Waals surface area contributed by atoms with Gasteiger partial charge in [0, 0.05) is 18.5 Å². The van der Waals surface area contributed by atoms with Crippen LogP contribution in [0.1, 0.15) is 50.3 Å². The first-order valence-corrected chi connectivity index (χ1v) is 11.3. The van der Waals surface area contributed by atoms with E-state index in [-0.39, 0.29) is 5.41 Å². The summed E-state index contributed by atoms with van der Waals surface area (Å²) in [6.07, 6.45) is 4.67. The quantitative estimate of drug-likeness (QED) is 0.425. The second kappa shape index (κ2) is 10.9. The molecule has 30 heavy (non-hydrogen) atoms. The molecule has 0 N–H and O–H groups in total. The maximum absolute atomic E-state index is 2.59. The van der Waals surface area contributed by atoms with Crippen LogP contribution in [-0.4, -0.2) is 24.5 Å². The predicted molar refractivity (Wildman–Crippen MR) is 131 cm³/mol. The molecule has 1 aliphatic heterocycles. The summed E-state index contributed by atoms with van der Waals surface area (Å²) in [5.41, 5.74) is 5.70. The van der Waals surface area contributed by atoms with Gasteiger partial charge in [-0.2, -0.15) is 0 Å². The van der Waals surface area contributed by atoms with E-state index in [1.165, 1.54) is 22.3 Å². The zero-order valence-electron chi connectivity index (χ0n) is 18.7. The molecule has 4 rings (SSSR count). The van der Waals surface area contributed by atoms with Crippen LogP contribution < -0.4 is 0 Å². The van der Waals surface area contributed by atoms with Crippen molar-refractivity contribution in [3.63, 3.8) is 0 Å². The molecule has 156 valence electrons. The molecule has 0 fully saturated rings. The fourth-order valence-electron chi connectivity index (χ4n) is 4.28. The molecule has 0 aliphatic carbocycles. The van der Waals surface area contributed by atoms with E-state index >= 15 is 0 Å². The van der Waals surface area contributed by atoms with Crippen LogP contribution in [0.15, 0.2) is 97.1 Å². The van der Waals surface area contributed by atoms with Crippen molar-refractivity contribution in [3.05, 3.63) is 114 Å². The van der Waals surface area contributed by atoms with E-state index in [1.54, 1.807) is 0 Å². The third kappa shape index (κ3) is 5.29. The van der Waals surface area contributed by atoms with Gasteiger partial charge in [-0.3, -0.25) is 4.90 Å². The minimum atomic E-state index is 0.0337. The highest BCUT2D eigenvalue weighted by molar-refractivity contribution is 5.66. The van der Waals surface area contributed by atoms with Gasteiger partial charge in [-0.15, -0.1) is 0 Å². The molecule has 0 amide bonds. The summed E-state index contributed by atoms with van der Waals surface area (Å²) in [5.74, 6) is 0. The number of hydrogen-bond acceptors (Lipinski definition) is 1. The normalized spacial score (nSPS) is 14.4. The van der Waals surface area contributed by atoms with Crippen LogP contribution in [0.4, 0.5) is 0 Å². The molecule has 0 spiro atoms. The van der Waals surface area contributed by atoms with Gasteiger partial charge in [0.25, 0.3) is 0 Å². The first kappa shape index (κ1) is 22.1.